The van der Waals surface area contributed by atoms with E-state index in [1.54, 1.807) is 6.08 Å². The highest BCUT2D eigenvalue weighted by molar-refractivity contribution is 5.95. The Morgan fingerprint density at radius 1 is 1.16 bits per heavy atom. The Bertz CT molecular complexity index is 834. The number of carbonyl (C=O) groups is 1. The van der Waals surface area contributed by atoms with Crippen molar-refractivity contribution in [3.05, 3.63) is 53.7 Å². The molecule has 4 nitrogen and oxygen atoms in total. The largest absolute Gasteiger partial charge is 0.350 e. The zero-order valence-electron chi connectivity index (χ0n) is 14.7. The number of allylic oxidation sites excluding steroid dienone is 2. The number of aldehydes is 1. The number of fused-ring (bicyclic) bond motifs is 3. The van der Waals surface area contributed by atoms with Gasteiger partial charge in [-0.15, -0.1) is 0 Å². The zero-order valence-corrected chi connectivity index (χ0v) is 14.7. The third-order valence-electron chi connectivity index (χ3n) is 5.26. The van der Waals surface area contributed by atoms with Crippen molar-refractivity contribution >= 4 is 22.7 Å². The fourth-order valence-corrected chi connectivity index (χ4v) is 4.15. The average molecular weight is 337 g/mol. The van der Waals surface area contributed by atoms with Gasteiger partial charge in [-0.2, -0.15) is 0 Å². The number of benzene rings is 2. The first kappa shape index (κ1) is 16.3. The van der Waals surface area contributed by atoms with Gasteiger partial charge in [0.05, 0.1) is 13.2 Å². The van der Waals surface area contributed by atoms with Crippen LogP contribution in [-0.2, 0) is 19.7 Å². The average Bonchev–Trinajstić information content (AvgIpc) is 3.20. The molecule has 0 radical (unpaired) electrons. The molecule has 130 valence electrons. The van der Waals surface area contributed by atoms with E-state index in [0.29, 0.717) is 13.2 Å². The maximum Gasteiger partial charge on any atom is 0.159 e. The summed E-state index contributed by atoms with van der Waals surface area (Å²) in [4.78, 5) is 13.6. The Labute approximate surface area is 148 Å². The number of ether oxygens (including phenoxy) is 2. The van der Waals surface area contributed by atoms with Gasteiger partial charge in [-0.05, 0) is 28.5 Å². The third-order valence-corrected chi connectivity index (χ3v) is 5.26. The maximum atomic E-state index is 11.3. The number of hydrogen-bond acceptors (Lipinski definition) is 4. The molecule has 4 heteroatoms. The smallest absolute Gasteiger partial charge is 0.159 e. The first-order valence-electron chi connectivity index (χ1n) is 8.82. The highest BCUT2D eigenvalue weighted by atomic mass is 16.7. The van der Waals surface area contributed by atoms with Crippen LogP contribution in [0.1, 0.15) is 25.8 Å². The second kappa shape index (κ2) is 6.28. The van der Waals surface area contributed by atoms with E-state index in [0.717, 1.165) is 24.9 Å². The molecule has 2 heterocycles. The van der Waals surface area contributed by atoms with Crippen LogP contribution in [0.3, 0.4) is 0 Å². The van der Waals surface area contributed by atoms with Crippen LogP contribution in [0.25, 0.3) is 10.8 Å². The first-order chi connectivity index (χ1) is 12.1. The standard InChI is InChI=1S/C21H23NO3/c1-21(2)18(10-12-23)22(11-9-19-24-13-14-25-19)17-8-7-15-5-3-4-6-16(15)20(17)21/h3-8,10,12,19H,9,11,13-14H2,1-2H3/b18-10+. The molecule has 0 atom stereocenters. The Balaban J connectivity index is 1.79. The highest BCUT2D eigenvalue weighted by Gasteiger charge is 2.41. The van der Waals surface area contributed by atoms with Crippen LogP contribution in [0.15, 0.2) is 48.2 Å². The molecular formula is C21H23NO3. The van der Waals surface area contributed by atoms with Crippen LogP contribution in [0, 0.1) is 0 Å². The molecule has 4 rings (SSSR count). The maximum absolute atomic E-state index is 11.3. The van der Waals surface area contributed by atoms with Crippen LogP contribution in [0.5, 0.6) is 0 Å². The molecule has 2 aromatic rings. The van der Waals surface area contributed by atoms with Gasteiger partial charge >= 0.3 is 0 Å². The van der Waals surface area contributed by atoms with Gasteiger partial charge in [-0.25, -0.2) is 0 Å². The summed E-state index contributed by atoms with van der Waals surface area (Å²) in [7, 11) is 0. The molecule has 0 aliphatic carbocycles. The lowest BCUT2D eigenvalue weighted by molar-refractivity contribution is -0.104. The molecule has 0 unspecified atom stereocenters. The molecule has 0 N–H and O–H groups in total. The zero-order chi connectivity index (χ0) is 17.4. The minimum absolute atomic E-state index is 0.148. The molecule has 0 amide bonds. The molecule has 0 spiro atoms. The predicted octanol–water partition coefficient (Wildman–Crippen LogP) is 3.78. The molecule has 2 aromatic carbocycles. The highest BCUT2D eigenvalue weighted by Crippen LogP contribution is 2.50. The molecule has 0 saturated carbocycles. The summed E-state index contributed by atoms with van der Waals surface area (Å²) in [5.41, 5.74) is 3.27. The molecule has 1 saturated heterocycles. The monoisotopic (exact) mass is 337 g/mol. The fourth-order valence-electron chi connectivity index (χ4n) is 4.15. The van der Waals surface area contributed by atoms with Crippen molar-refractivity contribution in [2.24, 2.45) is 0 Å². The fraction of sp³-hybridized carbons (Fsp3) is 0.381. The molecule has 2 aliphatic heterocycles. The summed E-state index contributed by atoms with van der Waals surface area (Å²) >= 11 is 0. The summed E-state index contributed by atoms with van der Waals surface area (Å²) in [6.07, 6.45) is 3.22. The number of anilines is 1. The lowest BCUT2D eigenvalue weighted by Gasteiger charge is -2.27. The van der Waals surface area contributed by atoms with Crippen molar-refractivity contribution in [1.82, 2.24) is 0 Å². The molecule has 0 aromatic heterocycles. The van der Waals surface area contributed by atoms with E-state index in [1.807, 2.05) is 0 Å². The van der Waals surface area contributed by atoms with E-state index >= 15 is 0 Å². The van der Waals surface area contributed by atoms with Gasteiger partial charge in [-0.3, -0.25) is 4.79 Å². The molecule has 0 bridgehead atoms. The topological polar surface area (TPSA) is 38.8 Å². The van der Waals surface area contributed by atoms with Gasteiger partial charge in [0.25, 0.3) is 0 Å². The van der Waals surface area contributed by atoms with Crippen molar-refractivity contribution in [2.75, 3.05) is 24.7 Å². The van der Waals surface area contributed by atoms with Crippen molar-refractivity contribution in [3.63, 3.8) is 0 Å². The Kier molecular flexibility index (Phi) is 4.10. The number of nitrogens with zero attached hydrogens (tertiary/aromatic N) is 1. The second-order valence-corrected chi connectivity index (χ2v) is 7.11. The van der Waals surface area contributed by atoms with E-state index in [2.05, 4.69) is 55.1 Å². The minimum atomic E-state index is -0.228. The van der Waals surface area contributed by atoms with Crippen molar-refractivity contribution in [3.8, 4) is 0 Å². The number of hydrogen-bond donors (Lipinski definition) is 0. The Hall–Kier alpha value is -2.17. The number of rotatable bonds is 4. The summed E-state index contributed by atoms with van der Waals surface area (Å²) < 4.78 is 11.2. The Morgan fingerprint density at radius 2 is 1.92 bits per heavy atom. The molecule has 2 aliphatic rings. The minimum Gasteiger partial charge on any atom is -0.350 e. The second-order valence-electron chi connectivity index (χ2n) is 7.11. The summed E-state index contributed by atoms with van der Waals surface area (Å²) in [5, 5.41) is 2.47. The van der Waals surface area contributed by atoms with E-state index in [4.69, 9.17) is 9.47 Å². The van der Waals surface area contributed by atoms with E-state index in [9.17, 15) is 4.79 Å². The molecule has 25 heavy (non-hydrogen) atoms. The van der Waals surface area contributed by atoms with E-state index in [-0.39, 0.29) is 11.7 Å². The van der Waals surface area contributed by atoms with Crippen LogP contribution >= 0.6 is 0 Å². The van der Waals surface area contributed by atoms with Gasteiger partial charge in [0.15, 0.2) is 6.29 Å². The van der Waals surface area contributed by atoms with Crippen LogP contribution in [0.2, 0.25) is 0 Å². The number of carbonyl (C=O) groups excluding carboxylic acids is 1. The normalized spacial score (nSPS) is 21.2. The molecular weight excluding hydrogens is 314 g/mol. The quantitative estimate of drug-likeness (QED) is 0.629. The van der Waals surface area contributed by atoms with E-state index < -0.39 is 0 Å². The van der Waals surface area contributed by atoms with Crippen molar-refractivity contribution < 1.29 is 14.3 Å². The summed E-state index contributed by atoms with van der Waals surface area (Å²) in [6.45, 7) is 6.47. The van der Waals surface area contributed by atoms with Gasteiger partial charge in [0.1, 0.15) is 6.29 Å². The molecule has 1 fully saturated rings. The summed E-state index contributed by atoms with van der Waals surface area (Å²) in [6, 6.07) is 12.8. The van der Waals surface area contributed by atoms with Gasteiger partial charge in [0.2, 0.25) is 0 Å². The predicted molar refractivity (Wildman–Crippen MR) is 98.8 cm³/mol. The summed E-state index contributed by atoms with van der Waals surface area (Å²) in [5.74, 6) is 0. The SMILES string of the molecule is CC1(C)/C(=C\C=O)N(CCC2OCCO2)c2ccc3ccccc3c21. The Morgan fingerprint density at radius 3 is 2.68 bits per heavy atom. The van der Waals surface area contributed by atoms with Crippen LogP contribution in [0.4, 0.5) is 5.69 Å². The van der Waals surface area contributed by atoms with Gasteiger partial charge in [0, 0.05) is 29.8 Å². The lowest BCUT2D eigenvalue weighted by atomic mass is 9.81. The van der Waals surface area contributed by atoms with Crippen LogP contribution < -0.4 is 4.90 Å². The lowest BCUT2D eigenvalue weighted by Crippen LogP contribution is -2.29. The van der Waals surface area contributed by atoms with Crippen molar-refractivity contribution in [2.45, 2.75) is 32.0 Å². The van der Waals surface area contributed by atoms with Crippen LogP contribution in [-0.4, -0.2) is 32.3 Å². The van der Waals surface area contributed by atoms with Crippen molar-refractivity contribution in [1.29, 1.82) is 0 Å². The van der Waals surface area contributed by atoms with Gasteiger partial charge < -0.3 is 14.4 Å². The van der Waals surface area contributed by atoms with Gasteiger partial charge in [-0.1, -0.05) is 44.2 Å². The van der Waals surface area contributed by atoms with E-state index in [1.165, 1.54) is 22.0 Å². The third kappa shape index (κ3) is 2.66. The first-order valence-corrected chi connectivity index (χ1v) is 8.82.